The minimum atomic E-state index is -4.36. The van der Waals surface area contributed by atoms with Crippen molar-refractivity contribution in [3.8, 4) is 0 Å². The Balaban J connectivity index is 1.51. The third-order valence-electron chi connectivity index (χ3n) is 4.74. The Morgan fingerprint density at radius 2 is 1.89 bits per heavy atom. The largest absolute Gasteiger partial charge is 0.419 e. The Labute approximate surface area is 160 Å². The molecule has 0 atom stereocenters. The quantitative estimate of drug-likeness (QED) is 0.853. The molecule has 1 aliphatic heterocycles. The van der Waals surface area contributed by atoms with Crippen molar-refractivity contribution >= 4 is 23.3 Å². The highest BCUT2D eigenvalue weighted by molar-refractivity contribution is 6.31. The van der Waals surface area contributed by atoms with Gasteiger partial charge in [-0.05, 0) is 30.5 Å². The lowest BCUT2D eigenvalue weighted by Gasteiger charge is -2.27. The van der Waals surface area contributed by atoms with E-state index in [-0.39, 0.29) is 11.8 Å². The number of nitrogens with one attached hydrogen (secondary N) is 2. The molecule has 0 aliphatic carbocycles. The van der Waals surface area contributed by atoms with Crippen molar-refractivity contribution in [2.75, 3.05) is 18.0 Å². The molecule has 144 valence electrons. The molecule has 1 saturated heterocycles. The summed E-state index contributed by atoms with van der Waals surface area (Å²) >= 11 is 6.09. The van der Waals surface area contributed by atoms with E-state index in [1.165, 1.54) is 6.07 Å². The monoisotopic (exact) mass is 398 g/mol. The number of alkyl halides is 3. The first-order valence-corrected chi connectivity index (χ1v) is 9.07. The molecular formula is C19H20ClF3N3O+. The molecular weight excluding hydrogens is 379 g/mol. The molecule has 0 bridgehead atoms. The first kappa shape index (κ1) is 19.5. The number of aromatic amines is 1. The van der Waals surface area contributed by atoms with Crippen LogP contribution in [0, 0.1) is 5.92 Å². The second kappa shape index (κ2) is 8.17. The average Bonchev–Trinajstić information content (AvgIpc) is 2.67. The summed E-state index contributed by atoms with van der Waals surface area (Å²) in [5.74, 6) is 0.488. The lowest BCUT2D eigenvalue weighted by atomic mass is 9.95. The van der Waals surface area contributed by atoms with Crippen LogP contribution in [0.15, 0.2) is 42.6 Å². The number of amides is 1. The van der Waals surface area contributed by atoms with E-state index in [0.29, 0.717) is 43.3 Å². The van der Waals surface area contributed by atoms with E-state index in [2.05, 4.69) is 10.3 Å². The van der Waals surface area contributed by atoms with Gasteiger partial charge in [-0.2, -0.15) is 13.2 Å². The Bertz CT molecular complexity index is 788. The Morgan fingerprint density at radius 3 is 2.48 bits per heavy atom. The van der Waals surface area contributed by atoms with Crippen molar-refractivity contribution in [2.24, 2.45) is 5.92 Å². The van der Waals surface area contributed by atoms with E-state index in [1.807, 2.05) is 23.1 Å². The normalized spacial score (nSPS) is 15.6. The fourth-order valence-electron chi connectivity index (χ4n) is 3.14. The molecule has 4 nitrogen and oxygen atoms in total. The van der Waals surface area contributed by atoms with Gasteiger partial charge in [0.15, 0.2) is 0 Å². The van der Waals surface area contributed by atoms with Crippen molar-refractivity contribution in [3.63, 3.8) is 0 Å². The van der Waals surface area contributed by atoms with Crippen molar-refractivity contribution in [2.45, 2.75) is 25.6 Å². The summed E-state index contributed by atoms with van der Waals surface area (Å²) < 4.78 is 37.9. The van der Waals surface area contributed by atoms with Crippen molar-refractivity contribution in [1.29, 1.82) is 0 Å². The van der Waals surface area contributed by atoms with Gasteiger partial charge in [0.25, 0.3) is 5.82 Å². The smallest absolute Gasteiger partial charge is 0.352 e. The summed E-state index contributed by atoms with van der Waals surface area (Å²) in [4.78, 5) is 17.0. The fraction of sp³-hybridized carbons (Fsp3) is 0.368. The van der Waals surface area contributed by atoms with Gasteiger partial charge in [-0.3, -0.25) is 9.69 Å². The number of hydrogen-bond donors (Lipinski definition) is 1. The number of H-pyrrole nitrogens is 1. The molecule has 1 aromatic heterocycles. The minimum absolute atomic E-state index is 0.0223. The highest BCUT2D eigenvalue weighted by atomic mass is 35.5. The van der Waals surface area contributed by atoms with Crippen LogP contribution < -0.4 is 15.2 Å². The van der Waals surface area contributed by atoms with E-state index in [0.717, 1.165) is 17.8 Å². The molecule has 0 unspecified atom stereocenters. The van der Waals surface area contributed by atoms with E-state index in [9.17, 15) is 18.0 Å². The van der Waals surface area contributed by atoms with Gasteiger partial charge in [0.2, 0.25) is 5.91 Å². The maximum absolute atomic E-state index is 12.6. The zero-order valence-electron chi connectivity index (χ0n) is 14.5. The lowest BCUT2D eigenvalue weighted by Crippen LogP contribution is -2.42. The van der Waals surface area contributed by atoms with Gasteiger partial charge in [-0.1, -0.05) is 29.8 Å². The van der Waals surface area contributed by atoms with E-state index in [4.69, 9.17) is 11.6 Å². The van der Waals surface area contributed by atoms with Crippen LogP contribution in [-0.2, 0) is 17.5 Å². The molecule has 2 aromatic rings. The lowest BCUT2D eigenvalue weighted by molar-refractivity contribution is -0.367. The SMILES string of the molecule is O=C(NCc1ccccc1Cl)C1CCN(c2ccc(C(F)(F)F)c[nH+]2)CC1. The number of benzene rings is 1. The Morgan fingerprint density at radius 1 is 1.19 bits per heavy atom. The number of anilines is 1. The number of nitrogens with zero attached hydrogens (tertiary/aromatic N) is 1. The van der Waals surface area contributed by atoms with Gasteiger partial charge in [-0.15, -0.1) is 0 Å². The van der Waals surface area contributed by atoms with Crippen LogP contribution in [0.5, 0.6) is 0 Å². The zero-order chi connectivity index (χ0) is 19.4. The molecule has 1 aliphatic rings. The molecule has 2 N–H and O–H groups in total. The Kier molecular flexibility index (Phi) is 5.89. The number of pyridine rings is 1. The van der Waals surface area contributed by atoms with Crippen LogP contribution in [-0.4, -0.2) is 19.0 Å². The summed E-state index contributed by atoms with van der Waals surface area (Å²) in [6.07, 6.45) is -2.11. The van der Waals surface area contributed by atoms with Crippen LogP contribution >= 0.6 is 11.6 Å². The number of hydrogen-bond acceptors (Lipinski definition) is 2. The van der Waals surface area contributed by atoms with Crippen molar-refractivity contribution < 1.29 is 22.9 Å². The fourth-order valence-corrected chi connectivity index (χ4v) is 3.34. The average molecular weight is 399 g/mol. The van der Waals surface area contributed by atoms with Crippen LogP contribution in [0.1, 0.15) is 24.0 Å². The van der Waals surface area contributed by atoms with Gasteiger partial charge in [0, 0.05) is 23.6 Å². The van der Waals surface area contributed by atoms with E-state index < -0.39 is 11.7 Å². The number of halogens is 4. The summed E-state index contributed by atoms with van der Waals surface area (Å²) in [7, 11) is 0. The second-order valence-corrected chi connectivity index (χ2v) is 6.94. The maximum Gasteiger partial charge on any atom is 0.419 e. The predicted molar refractivity (Wildman–Crippen MR) is 96.2 cm³/mol. The molecule has 1 amide bonds. The highest BCUT2D eigenvalue weighted by Crippen LogP contribution is 2.29. The number of rotatable bonds is 4. The van der Waals surface area contributed by atoms with Crippen molar-refractivity contribution in [3.05, 3.63) is 58.7 Å². The summed E-state index contributed by atoms with van der Waals surface area (Å²) in [5.41, 5.74) is 0.157. The second-order valence-electron chi connectivity index (χ2n) is 6.53. The van der Waals surface area contributed by atoms with E-state index >= 15 is 0 Å². The molecule has 27 heavy (non-hydrogen) atoms. The van der Waals surface area contributed by atoms with Gasteiger partial charge in [-0.25, -0.2) is 4.98 Å². The number of piperidine rings is 1. The summed E-state index contributed by atoms with van der Waals surface area (Å²) in [6.45, 7) is 1.59. The summed E-state index contributed by atoms with van der Waals surface area (Å²) in [6, 6.07) is 9.84. The first-order chi connectivity index (χ1) is 12.8. The zero-order valence-corrected chi connectivity index (χ0v) is 15.3. The third kappa shape index (κ3) is 4.91. The molecule has 0 radical (unpaired) electrons. The Hall–Kier alpha value is -2.28. The van der Waals surface area contributed by atoms with E-state index in [1.54, 1.807) is 6.07 Å². The predicted octanol–water partition coefficient (Wildman–Crippen LogP) is 3.71. The first-order valence-electron chi connectivity index (χ1n) is 8.69. The number of carbonyl (C=O) groups excluding carboxylic acids is 1. The molecule has 1 fully saturated rings. The standard InChI is InChI=1S/C19H19ClF3N3O/c20-16-4-2-1-3-14(16)11-25-18(27)13-7-9-26(10-8-13)17-6-5-15(12-24-17)19(21,22)23/h1-6,12-13H,7-11H2,(H,25,27)/p+1. The van der Waals surface area contributed by atoms with Crippen LogP contribution in [0.25, 0.3) is 0 Å². The van der Waals surface area contributed by atoms with Gasteiger partial charge in [0.1, 0.15) is 6.20 Å². The number of carbonyl (C=O) groups is 1. The topological polar surface area (TPSA) is 46.5 Å². The minimum Gasteiger partial charge on any atom is -0.352 e. The third-order valence-corrected chi connectivity index (χ3v) is 5.11. The molecule has 3 rings (SSSR count). The maximum atomic E-state index is 12.6. The van der Waals surface area contributed by atoms with Crippen LogP contribution in [0.3, 0.4) is 0 Å². The molecule has 0 saturated carbocycles. The molecule has 1 aromatic carbocycles. The molecule has 0 spiro atoms. The van der Waals surface area contributed by atoms with Crippen molar-refractivity contribution in [1.82, 2.24) is 5.32 Å². The van der Waals surface area contributed by atoms with Gasteiger partial charge < -0.3 is 5.32 Å². The molecule has 8 heteroatoms. The van der Waals surface area contributed by atoms with Gasteiger partial charge >= 0.3 is 6.18 Å². The highest BCUT2D eigenvalue weighted by Gasteiger charge is 2.33. The summed E-state index contributed by atoms with van der Waals surface area (Å²) in [5, 5.41) is 3.53. The van der Waals surface area contributed by atoms with Crippen LogP contribution in [0.2, 0.25) is 5.02 Å². The van der Waals surface area contributed by atoms with Gasteiger partial charge in [0.05, 0.1) is 18.7 Å². The molecule has 2 heterocycles. The van der Waals surface area contributed by atoms with Crippen LogP contribution in [0.4, 0.5) is 19.0 Å². The number of aromatic nitrogens is 1.